The Morgan fingerprint density at radius 1 is 0.600 bits per heavy atom. The SMILES string of the molecule is O[C@H](c1cc(Cc2ccccc2)ccn1)[C@H](Cc1cc(F)cc(F)c1)N(Cc1ccccc1)Cc1ccccc1. The van der Waals surface area contributed by atoms with Gasteiger partial charge in [0.2, 0.25) is 0 Å². The van der Waals surface area contributed by atoms with Gasteiger partial charge < -0.3 is 5.11 Å². The van der Waals surface area contributed by atoms with Gasteiger partial charge in [-0.2, -0.15) is 0 Å². The van der Waals surface area contributed by atoms with Crippen molar-refractivity contribution in [2.45, 2.75) is 38.1 Å². The lowest BCUT2D eigenvalue weighted by atomic mass is 9.94. The molecular formula is C35H32F2N2O. The molecule has 5 rings (SSSR count). The Balaban J connectivity index is 1.52. The summed E-state index contributed by atoms with van der Waals surface area (Å²) in [6.07, 6.45) is 1.66. The summed E-state index contributed by atoms with van der Waals surface area (Å²) in [6.45, 7) is 1.08. The van der Waals surface area contributed by atoms with Gasteiger partial charge in [0.15, 0.2) is 0 Å². The predicted octanol–water partition coefficient (Wildman–Crippen LogP) is 7.30. The zero-order valence-corrected chi connectivity index (χ0v) is 22.2. The number of aliphatic hydroxyl groups is 1. The van der Waals surface area contributed by atoms with Gasteiger partial charge in [0, 0.05) is 31.4 Å². The van der Waals surface area contributed by atoms with Crippen molar-refractivity contribution in [1.82, 2.24) is 9.88 Å². The lowest BCUT2D eigenvalue weighted by Gasteiger charge is -2.35. The summed E-state index contributed by atoms with van der Waals surface area (Å²) in [4.78, 5) is 6.72. The third kappa shape index (κ3) is 7.47. The van der Waals surface area contributed by atoms with E-state index in [0.717, 1.165) is 28.3 Å². The van der Waals surface area contributed by atoms with Gasteiger partial charge in [-0.15, -0.1) is 0 Å². The molecule has 0 aliphatic carbocycles. The van der Waals surface area contributed by atoms with Crippen LogP contribution in [0.3, 0.4) is 0 Å². The number of aliphatic hydroxyl groups excluding tert-OH is 1. The quantitative estimate of drug-likeness (QED) is 0.193. The molecule has 1 heterocycles. The van der Waals surface area contributed by atoms with Gasteiger partial charge in [0.1, 0.15) is 17.7 Å². The standard InChI is InChI=1S/C35H32F2N2O/c36-31-19-30(20-32(37)23-31)22-34(35(40)33-21-29(16-17-38-33)18-26-10-4-1-5-11-26)39(24-27-12-6-2-7-13-27)25-28-14-8-3-9-15-28/h1-17,19-21,23,34-35,40H,18,22,24-25H2/t34-,35+/m0/s1. The summed E-state index contributed by atoms with van der Waals surface area (Å²) in [6, 6.07) is 37.1. The van der Waals surface area contributed by atoms with Crippen molar-refractivity contribution in [2.75, 3.05) is 0 Å². The zero-order valence-electron chi connectivity index (χ0n) is 22.2. The summed E-state index contributed by atoms with van der Waals surface area (Å²) in [5.41, 5.74) is 5.35. The molecule has 202 valence electrons. The fraction of sp³-hybridized carbons (Fsp3) is 0.171. The Hall–Kier alpha value is -4.19. The fourth-order valence-electron chi connectivity index (χ4n) is 5.13. The van der Waals surface area contributed by atoms with Crippen LogP contribution in [0, 0.1) is 11.6 Å². The Morgan fingerprint density at radius 2 is 1.12 bits per heavy atom. The van der Waals surface area contributed by atoms with Crippen LogP contribution in [0.2, 0.25) is 0 Å². The van der Waals surface area contributed by atoms with E-state index in [2.05, 4.69) is 22.0 Å². The van der Waals surface area contributed by atoms with Crippen molar-refractivity contribution in [3.8, 4) is 0 Å². The summed E-state index contributed by atoms with van der Waals surface area (Å²) in [5.74, 6) is -1.27. The number of halogens is 2. The van der Waals surface area contributed by atoms with Gasteiger partial charge in [-0.25, -0.2) is 8.78 Å². The maximum absolute atomic E-state index is 14.2. The normalized spacial score (nSPS) is 12.8. The summed E-state index contributed by atoms with van der Waals surface area (Å²) in [5, 5.41) is 11.9. The minimum Gasteiger partial charge on any atom is -0.385 e. The Labute approximate surface area is 234 Å². The summed E-state index contributed by atoms with van der Waals surface area (Å²) in [7, 11) is 0. The number of rotatable bonds is 11. The van der Waals surface area contributed by atoms with E-state index >= 15 is 0 Å². The Kier molecular flexibility index (Phi) is 9.07. The number of hydrogen-bond acceptors (Lipinski definition) is 3. The molecule has 40 heavy (non-hydrogen) atoms. The molecule has 0 amide bonds. The summed E-state index contributed by atoms with van der Waals surface area (Å²) < 4.78 is 28.5. The number of aromatic nitrogens is 1. The van der Waals surface area contributed by atoms with Gasteiger partial charge >= 0.3 is 0 Å². The first-order valence-electron chi connectivity index (χ1n) is 13.5. The van der Waals surface area contributed by atoms with Crippen LogP contribution in [-0.2, 0) is 25.9 Å². The molecule has 0 bridgehead atoms. The van der Waals surface area contributed by atoms with Crippen molar-refractivity contribution in [3.63, 3.8) is 0 Å². The largest absolute Gasteiger partial charge is 0.385 e. The molecule has 4 aromatic carbocycles. The molecule has 1 N–H and O–H groups in total. The van der Waals surface area contributed by atoms with Gasteiger partial charge in [-0.05, 0) is 64.9 Å². The summed E-state index contributed by atoms with van der Waals surface area (Å²) >= 11 is 0. The molecule has 0 radical (unpaired) electrons. The van der Waals surface area contributed by atoms with Gasteiger partial charge in [0.05, 0.1) is 5.69 Å². The molecular weight excluding hydrogens is 502 g/mol. The first-order chi connectivity index (χ1) is 19.5. The topological polar surface area (TPSA) is 36.4 Å². The van der Waals surface area contributed by atoms with Crippen LogP contribution < -0.4 is 0 Å². The second kappa shape index (κ2) is 13.2. The Bertz CT molecular complexity index is 1430. The number of hydrogen-bond donors (Lipinski definition) is 1. The van der Waals surface area contributed by atoms with E-state index in [1.54, 1.807) is 6.20 Å². The van der Waals surface area contributed by atoms with E-state index < -0.39 is 23.8 Å². The van der Waals surface area contributed by atoms with Crippen LogP contribution in [-0.4, -0.2) is 21.0 Å². The molecule has 0 saturated heterocycles. The van der Waals surface area contributed by atoms with Crippen LogP contribution in [0.4, 0.5) is 8.78 Å². The average Bonchev–Trinajstić information content (AvgIpc) is 2.97. The zero-order chi connectivity index (χ0) is 27.7. The van der Waals surface area contributed by atoms with Crippen molar-refractivity contribution in [1.29, 1.82) is 0 Å². The number of nitrogens with zero attached hydrogens (tertiary/aromatic N) is 2. The van der Waals surface area contributed by atoms with Crippen molar-refractivity contribution in [2.24, 2.45) is 0 Å². The molecule has 0 unspecified atom stereocenters. The lowest BCUT2D eigenvalue weighted by molar-refractivity contribution is 0.0355. The fourth-order valence-corrected chi connectivity index (χ4v) is 5.13. The lowest BCUT2D eigenvalue weighted by Crippen LogP contribution is -2.41. The predicted molar refractivity (Wildman–Crippen MR) is 154 cm³/mol. The average molecular weight is 535 g/mol. The molecule has 0 saturated carbocycles. The van der Waals surface area contributed by atoms with Gasteiger partial charge in [-0.1, -0.05) is 91.0 Å². The minimum atomic E-state index is -1.01. The van der Waals surface area contributed by atoms with E-state index in [0.29, 0.717) is 30.8 Å². The third-order valence-corrected chi connectivity index (χ3v) is 7.06. The number of pyridine rings is 1. The maximum Gasteiger partial charge on any atom is 0.126 e. The molecule has 0 aliphatic rings. The van der Waals surface area contributed by atoms with Gasteiger partial charge in [0.25, 0.3) is 0 Å². The minimum absolute atomic E-state index is 0.236. The van der Waals surface area contributed by atoms with E-state index in [9.17, 15) is 13.9 Å². The highest BCUT2D eigenvalue weighted by Gasteiger charge is 2.29. The first-order valence-corrected chi connectivity index (χ1v) is 13.5. The molecule has 2 atom stereocenters. The Morgan fingerprint density at radius 3 is 1.68 bits per heavy atom. The van der Waals surface area contributed by atoms with E-state index in [1.165, 1.54) is 12.1 Å². The van der Waals surface area contributed by atoms with Crippen molar-refractivity contribution < 1.29 is 13.9 Å². The smallest absolute Gasteiger partial charge is 0.126 e. The first kappa shape index (κ1) is 27.4. The molecule has 5 heteroatoms. The highest BCUT2D eigenvalue weighted by Crippen LogP contribution is 2.28. The molecule has 3 nitrogen and oxygen atoms in total. The second-order valence-electron chi connectivity index (χ2n) is 10.1. The van der Waals surface area contributed by atoms with Crippen LogP contribution >= 0.6 is 0 Å². The van der Waals surface area contributed by atoms with E-state index in [-0.39, 0.29) is 6.42 Å². The molecule has 1 aromatic heterocycles. The van der Waals surface area contributed by atoms with Crippen molar-refractivity contribution in [3.05, 3.63) is 173 Å². The van der Waals surface area contributed by atoms with Crippen LogP contribution in [0.5, 0.6) is 0 Å². The highest BCUT2D eigenvalue weighted by atomic mass is 19.1. The molecule has 5 aromatic rings. The molecule has 0 spiro atoms. The molecule has 0 aliphatic heterocycles. The van der Waals surface area contributed by atoms with Crippen LogP contribution in [0.25, 0.3) is 0 Å². The monoisotopic (exact) mass is 534 g/mol. The highest BCUT2D eigenvalue weighted by molar-refractivity contribution is 5.28. The van der Waals surface area contributed by atoms with E-state index in [4.69, 9.17) is 0 Å². The van der Waals surface area contributed by atoms with Gasteiger partial charge in [-0.3, -0.25) is 9.88 Å². The van der Waals surface area contributed by atoms with Crippen molar-refractivity contribution >= 4 is 0 Å². The maximum atomic E-state index is 14.2. The second-order valence-corrected chi connectivity index (χ2v) is 10.1. The van der Waals surface area contributed by atoms with Crippen LogP contribution in [0.1, 0.15) is 39.6 Å². The molecule has 0 fully saturated rings. The van der Waals surface area contributed by atoms with E-state index in [1.807, 2.05) is 91.0 Å². The number of benzene rings is 4. The van der Waals surface area contributed by atoms with Crippen LogP contribution in [0.15, 0.2) is 128 Å². The third-order valence-electron chi connectivity index (χ3n) is 7.06.